The van der Waals surface area contributed by atoms with Crippen LogP contribution in [-0.2, 0) is 18.3 Å². The first kappa shape index (κ1) is 19.2. The molecule has 3 aromatic carbocycles. The van der Waals surface area contributed by atoms with Crippen molar-refractivity contribution in [3.8, 4) is 0 Å². The molecule has 0 aliphatic carbocycles. The van der Waals surface area contributed by atoms with Crippen LogP contribution in [0.4, 0.5) is 0 Å². The van der Waals surface area contributed by atoms with Crippen molar-refractivity contribution in [3.05, 3.63) is 112 Å². The highest BCUT2D eigenvalue weighted by Gasteiger charge is 2.22. The Bertz CT molecular complexity index is 876. The minimum Gasteiger partial charge on any atom is -0.0871 e. The molecule has 0 saturated heterocycles. The average Bonchev–Trinajstić information content (AvgIpc) is 2.68. The minimum atomic E-state index is 0.0227. The van der Waals surface area contributed by atoms with Gasteiger partial charge in [0.15, 0.2) is 0 Å². The van der Waals surface area contributed by atoms with Gasteiger partial charge in [-0.2, -0.15) is 0 Å². The normalized spacial score (nSPS) is 11.9. The minimum absolute atomic E-state index is 0.0227. The Hall–Kier alpha value is -2.60. The number of aryl methyl sites for hydroxylation is 3. The SMILES string of the molecule is CC=Cc1ccc(CCc2ccc(C(C)(C)c3ccc(C)cc3)cc2)cc1. The highest BCUT2D eigenvalue weighted by atomic mass is 14.3. The van der Waals surface area contributed by atoms with E-state index in [1.807, 2.05) is 0 Å². The van der Waals surface area contributed by atoms with Gasteiger partial charge in [-0.1, -0.05) is 104 Å². The molecule has 0 fully saturated rings. The lowest BCUT2D eigenvalue weighted by Gasteiger charge is -2.26. The summed E-state index contributed by atoms with van der Waals surface area (Å²) >= 11 is 0. The third kappa shape index (κ3) is 4.77. The van der Waals surface area contributed by atoms with Crippen LogP contribution in [0.5, 0.6) is 0 Å². The Kier molecular flexibility index (Phi) is 5.96. The summed E-state index contributed by atoms with van der Waals surface area (Å²) in [7, 11) is 0. The lowest BCUT2D eigenvalue weighted by molar-refractivity contribution is 0.640. The smallest absolute Gasteiger partial charge is 0.0146 e. The van der Waals surface area contributed by atoms with E-state index in [0.717, 1.165) is 12.8 Å². The first-order chi connectivity index (χ1) is 13.0. The van der Waals surface area contributed by atoms with E-state index in [1.165, 1.54) is 33.4 Å². The van der Waals surface area contributed by atoms with Crippen LogP contribution in [0, 0.1) is 6.92 Å². The molecule has 27 heavy (non-hydrogen) atoms. The second kappa shape index (κ2) is 8.39. The molecular weight excluding hydrogens is 324 g/mol. The summed E-state index contributed by atoms with van der Waals surface area (Å²) in [6, 6.07) is 27.0. The summed E-state index contributed by atoms with van der Waals surface area (Å²) < 4.78 is 0. The van der Waals surface area contributed by atoms with E-state index in [-0.39, 0.29) is 5.41 Å². The van der Waals surface area contributed by atoms with Crippen LogP contribution in [0.1, 0.15) is 54.2 Å². The van der Waals surface area contributed by atoms with Gasteiger partial charge in [0.05, 0.1) is 0 Å². The summed E-state index contributed by atoms with van der Waals surface area (Å²) in [4.78, 5) is 0. The molecule has 3 aromatic rings. The fourth-order valence-electron chi connectivity index (χ4n) is 3.50. The molecule has 0 radical (unpaired) electrons. The number of allylic oxidation sites excluding steroid dienone is 1. The van der Waals surface area contributed by atoms with Crippen LogP contribution in [0.2, 0.25) is 0 Å². The topological polar surface area (TPSA) is 0 Å². The van der Waals surface area contributed by atoms with Crippen molar-refractivity contribution in [2.45, 2.75) is 46.0 Å². The Morgan fingerprint density at radius 3 is 1.59 bits per heavy atom. The molecule has 0 aromatic heterocycles. The van der Waals surface area contributed by atoms with Crippen LogP contribution in [0.25, 0.3) is 6.08 Å². The maximum Gasteiger partial charge on any atom is 0.0146 e. The fraction of sp³-hybridized carbons (Fsp3) is 0.259. The molecule has 0 nitrogen and oxygen atoms in total. The van der Waals surface area contributed by atoms with Gasteiger partial charge in [0.2, 0.25) is 0 Å². The van der Waals surface area contributed by atoms with Crippen LogP contribution in [0.15, 0.2) is 78.9 Å². The Balaban J connectivity index is 1.67. The van der Waals surface area contributed by atoms with E-state index in [1.54, 1.807) is 0 Å². The molecule has 0 heteroatoms. The van der Waals surface area contributed by atoms with Gasteiger partial charge in [-0.25, -0.2) is 0 Å². The van der Waals surface area contributed by atoms with Crippen molar-refractivity contribution in [1.29, 1.82) is 0 Å². The van der Waals surface area contributed by atoms with Crippen molar-refractivity contribution < 1.29 is 0 Å². The highest BCUT2D eigenvalue weighted by molar-refractivity contribution is 5.49. The molecule has 0 heterocycles. The van der Waals surface area contributed by atoms with Crippen LogP contribution < -0.4 is 0 Å². The van der Waals surface area contributed by atoms with Crippen molar-refractivity contribution in [2.24, 2.45) is 0 Å². The molecule has 0 unspecified atom stereocenters. The summed E-state index contributed by atoms with van der Waals surface area (Å²) in [6.07, 6.45) is 6.37. The molecule has 0 spiro atoms. The molecule has 0 N–H and O–H groups in total. The molecule has 0 atom stereocenters. The van der Waals surface area contributed by atoms with Crippen LogP contribution in [0.3, 0.4) is 0 Å². The molecule has 138 valence electrons. The molecule has 3 rings (SSSR count). The van der Waals surface area contributed by atoms with Crippen molar-refractivity contribution >= 4 is 6.08 Å². The van der Waals surface area contributed by atoms with Gasteiger partial charge in [-0.15, -0.1) is 0 Å². The zero-order chi connectivity index (χ0) is 19.3. The lowest BCUT2D eigenvalue weighted by atomic mass is 9.77. The summed E-state index contributed by atoms with van der Waals surface area (Å²) in [6.45, 7) is 8.80. The molecular formula is C27H30. The first-order valence-electron chi connectivity index (χ1n) is 9.87. The number of benzene rings is 3. The van der Waals surface area contributed by atoms with E-state index < -0.39 is 0 Å². The first-order valence-corrected chi connectivity index (χ1v) is 9.87. The fourth-order valence-corrected chi connectivity index (χ4v) is 3.50. The van der Waals surface area contributed by atoms with Gasteiger partial charge in [-0.05, 0) is 54.5 Å². The number of hydrogen-bond acceptors (Lipinski definition) is 0. The summed E-state index contributed by atoms with van der Waals surface area (Å²) in [5, 5.41) is 0. The largest absolute Gasteiger partial charge is 0.0871 e. The van der Waals surface area contributed by atoms with Gasteiger partial charge in [0.1, 0.15) is 0 Å². The van der Waals surface area contributed by atoms with Crippen molar-refractivity contribution in [2.75, 3.05) is 0 Å². The summed E-state index contributed by atoms with van der Waals surface area (Å²) in [5.74, 6) is 0. The van der Waals surface area contributed by atoms with E-state index in [4.69, 9.17) is 0 Å². The van der Waals surface area contributed by atoms with E-state index >= 15 is 0 Å². The molecule has 0 bridgehead atoms. The highest BCUT2D eigenvalue weighted by Crippen LogP contribution is 2.31. The van der Waals surface area contributed by atoms with Gasteiger partial charge >= 0.3 is 0 Å². The van der Waals surface area contributed by atoms with Crippen LogP contribution in [-0.4, -0.2) is 0 Å². The second-order valence-electron chi connectivity index (χ2n) is 7.93. The van der Waals surface area contributed by atoms with Gasteiger partial charge in [0.25, 0.3) is 0 Å². The third-order valence-electron chi connectivity index (χ3n) is 5.49. The molecule has 0 saturated carbocycles. The Morgan fingerprint density at radius 2 is 1.11 bits per heavy atom. The van der Waals surface area contributed by atoms with Gasteiger partial charge in [-0.3, -0.25) is 0 Å². The monoisotopic (exact) mass is 354 g/mol. The van der Waals surface area contributed by atoms with Crippen LogP contribution >= 0.6 is 0 Å². The quantitative estimate of drug-likeness (QED) is 0.441. The molecule has 0 aliphatic rings. The van der Waals surface area contributed by atoms with E-state index in [2.05, 4.69) is 113 Å². The van der Waals surface area contributed by atoms with Gasteiger partial charge < -0.3 is 0 Å². The van der Waals surface area contributed by atoms with E-state index in [9.17, 15) is 0 Å². The predicted molar refractivity (Wildman–Crippen MR) is 118 cm³/mol. The maximum atomic E-state index is 2.30. The van der Waals surface area contributed by atoms with Gasteiger partial charge in [0, 0.05) is 5.41 Å². The number of rotatable bonds is 6. The second-order valence-corrected chi connectivity index (χ2v) is 7.93. The Morgan fingerprint density at radius 1 is 0.667 bits per heavy atom. The zero-order valence-electron chi connectivity index (χ0n) is 17.0. The Labute approximate surface area is 164 Å². The van der Waals surface area contributed by atoms with Crippen molar-refractivity contribution in [1.82, 2.24) is 0 Å². The third-order valence-corrected chi connectivity index (χ3v) is 5.49. The average molecular weight is 355 g/mol. The zero-order valence-corrected chi connectivity index (χ0v) is 17.0. The maximum absolute atomic E-state index is 2.30. The number of hydrogen-bond donors (Lipinski definition) is 0. The molecule has 0 aliphatic heterocycles. The van der Waals surface area contributed by atoms with Crippen molar-refractivity contribution in [3.63, 3.8) is 0 Å². The summed E-state index contributed by atoms with van der Waals surface area (Å²) in [5.41, 5.74) is 8.12. The van der Waals surface area contributed by atoms with E-state index in [0.29, 0.717) is 0 Å². The standard InChI is InChI=1S/C27H30/c1-5-6-22-9-11-23(12-10-22)13-14-24-15-19-26(20-16-24)27(3,4)25-17-7-21(2)8-18-25/h5-12,15-20H,13-14H2,1-4H3. The predicted octanol–water partition coefficient (Wildman–Crippen LogP) is 7.14. The molecule has 0 amide bonds. The lowest BCUT2D eigenvalue weighted by Crippen LogP contribution is -2.18.